The molecule has 0 radical (unpaired) electrons. The van der Waals surface area contributed by atoms with Crippen molar-refractivity contribution in [1.29, 1.82) is 0 Å². The van der Waals surface area contributed by atoms with Gasteiger partial charge in [0.05, 0.1) is 18.0 Å². The van der Waals surface area contributed by atoms with Crippen LogP contribution < -0.4 is 0 Å². The maximum absolute atomic E-state index is 11.5. The van der Waals surface area contributed by atoms with Gasteiger partial charge in [-0.1, -0.05) is 0 Å². The molecule has 0 aliphatic heterocycles. The predicted molar refractivity (Wildman–Crippen MR) is 54.6 cm³/mol. The van der Waals surface area contributed by atoms with E-state index in [0.717, 1.165) is 4.31 Å². The molecule has 0 bridgehead atoms. The van der Waals surface area contributed by atoms with Crippen molar-refractivity contribution in [2.45, 2.75) is 19.4 Å². The van der Waals surface area contributed by atoms with Gasteiger partial charge >= 0.3 is 0 Å². The van der Waals surface area contributed by atoms with Crippen LogP contribution in [0.3, 0.4) is 0 Å². The average molecular weight is 225 g/mol. The summed E-state index contributed by atoms with van der Waals surface area (Å²) in [7, 11) is -0.410. The molecule has 0 atom stereocenters. The summed E-state index contributed by atoms with van der Waals surface area (Å²) in [4.78, 5) is 0. The highest BCUT2D eigenvalue weighted by Crippen LogP contribution is 2.07. The van der Waals surface area contributed by atoms with Gasteiger partial charge in [0.15, 0.2) is 0 Å². The fourth-order valence-corrected chi connectivity index (χ4v) is 2.19. The van der Waals surface area contributed by atoms with E-state index in [2.05, 4.69) is 4.74 Å². The molecule has 86 valence electrons. The first-order chi connectivity index (χ1) is 6.19. The first-order valence-electron chi connectivity index (χ1n) is 4.34. The topological polar surface area (TPSA) is 66.8 Å². The van der Waals surface area contributed by atoms with Gasteiger partial charge < -0.3 is 9.84 Å². The van der Waals surface area contributed by atoms with E-state index < -0.39 is 15.6 Å². The Morgan fingerprint density at radius 3 is 2.29 bits per heavy atom. The number of rotatable bonds is 6. The third-order valence-electron chi connectivity index (χ3n) is 1.63. The fraction of sp³-hybridized carbons (Fsp3) is 1.00. The molecule has 0 saturated carbocycles. The van der Waals surface area contributed by atoms with Gasteiger partial charge in [0, 0.05) is 20.7 Å². The van der Waals surface area contributed by atoms with E-state index in [-0.39, 0.29) is 18.9 Å². The smallest absolute Gasteiger partial charge is 0.216 e. The van der Waals surface area contributed by atoms with Crippen molar-refractivity contribution >= 4 is 10.0 Å². The second kappa shape index (κ2) is 5.06. The van der Waals surface area contributed by atoms with Gasteiger partial charge in [-0.05, 0) is 13.8 Å². The molecule has 0 spiro atoms. The van der Waals surface area contributed by atoms with E-state index in [4.69, 9.17) is 0 Å². The Morgan fingerprint density at radius 1 is 1.43 bits per heavy atom. The molecule has 0 aliphatic carbocycles. The summed E-state index contributed by atoms with van der Waals surface area (Å²) >= 11 is 0. The zero-order chi connectivity index (χ0) is 11.4. The second-order valence-electron chi connectivity index (χ2n) is 3.88. The number of sulfonamides is 1. The molecule has 0 aromatic rings. The number of likely N-dealkylation sites (N-methyl/N-ethyl adjacent to an activating group) is 1. The van der Waals surface area contributed by atoms with Crippen molar-refractivity contribution in [1.82, 2.24) is 4.31 Å². The first kappa shape index (κ1) is 13.8. The van der Waals surface area contributed by atoms with Crippen molar-refractivity contribution in [3.05, 3.63) is 0 Å². The Hall–Kier alpha value is -0.170. The Balaban J connectivity index is 4.30. The van der Waals surface area contributed by atoms with E-state index >= 15 is 0 Å². The lowest BCUT2D eigenvalue weighted by atomic mass is 10.1. The standard InChI is InChI=1S/C8H19NO4S/c1-8(2,10)7-9(3)14(11,12)6-5-13-4/h10H,5-7H2,1-4H3. The Labute approximate surface area is 85.7 Å². The minimum Gasteiger partial charge on any atom is -0.389 e. The summed E-state index contributed by atoms with van der Waals surface area (Å²) in [6.45, 7) is 3.38. The molecule has 14 heavy (non-hydrogen) atoms. The summed E-state index contributed by atoms with van der Waals surface area (Å²) in [6, 6.07) is 0. The molecule has 0 fully saturated rings. The van der Waals surface area contributed by atoms with Crippen LogP contribution in [0.1, 0.15) is 13.8 Å². The van der Waals surface area contributed by atoms with E-state index in [9.17, 15) is 13.5 Å². The molecular weight excluding hydrogens is 206 g/mol. The van der Waals surface area contributed by atoms with Crippen LogP contribution in [-0.4, -0.2) is 56.5 Å². The van der Waals surface area contributed by atoms with Crippen molar-refractivity contribution < 1.29 is 18.3 Å². The number of aliphatic hydroxyl groups is 1. The van der Waals surface area contributed by atoms with Gasteiger partial charge in [-0.15, -0.1) is 0 Å². The SMILES string of the molecule is COCCS(=O)(=O)N(C)CC(C)(C)O. The number of nitrogens with zero attached hydrogens (tertiary/aromatic N) is 1. The highest BCUT2D eigenvalue weighted by Gasteiger charge is 2.24. The third-order valence-corrected chi connectivity index (χ3v) is 3.39. The summed E-state index contributed by atoms with van der Waals surface area (Å²) in [5.41, 5.74) is -1.02. The van der Waals surface area contributed by atoms with Crippen LogP contribution in [0.2, 0.25) is 0 Å². The second-order valence-corrected chi connectivity index (χ2v) is 6.07. The number of hydrogen-bond donors (Lipinski definition) is 1. The largest absolute Gasteiger partial charge is 0.389 e. The highest BCUT2D eigenvalue weighted by molar-refractivity contribution is 7.89. The number of ether oxygens (including phenoxy) is 1. The monoisotopic (exact) mass is 225 g/mol. The van der Waals surface area contributed by atoms with Crippen LogP contribution in [0.25, 0.3) is 0 Å². The van der Waals surface area contributed by atoms with Crippen LogP contribution in [-0.2, 0) is 14.8 Å². The van der Waals surface area contributed by atoms with E-state index in [1.54, 1.807) is 13.8 Å². The van der Waals surface area contributed by atoms with Crippen molar-refractivity contribution in [3.8, 4) is 0 Å². The van der Waals surface area contributed by atoms with Crippen molar-refractivity contribution in [3.63, 3.8) is 0 Å². The highest BCUT2D eigenvalue weighted by atomic mass is 32.2. The molecule has 0 aromatic carbocycles. The molecule has 0 aromatic heterocycles. The van der Waals surface area contributed by atoms with E-state index in [1.807, 2.05) is 0 Å². The van der Waals surface area contributed by atoms with Crippen LogP contribution >= 0.6 is 0 Å². The van der Waals surface area contributed by atoms with Gasteiger partial charge in [0.2, 0.25) is 10.0 Å². The Kier molecular flexibility index (Phi) is 5.00. The first-order valence-corrected chi connectivity index (χ1v) is 5.95. The summed E-state index contributed by atoms with van der Waals surface area (Å²) in [5.74, 6) is -0.0594. The van der Waals surface area contributed by atoms with Crippen molar-refractivity contribution in [2.24, 2.45) is 0 Å². The molecule has 0 unspecified atom stereocenters. The number of hydrogen-bond acceptors (Lipinski definition) is 4. The minimum atomic E-state index is -3.31. The lowest BCUT2D eigenvalue weighted by Gasteiger charge is -2.24. The molecule has 0 rings (SSSR count). The summed E-state index contributed by atoms with van der Waals surface area (Å²) in [6.07, 6.45) is 0. The van der Waals surface area contributed by atoms with E-state index in [0.29, 0.717) is 0 Å². The summed E-state index contributed by atoms with van der Waals surface area (Å²) in [5, 5.41) is 9.44. The molecule has 0 aliphatic rings. The van der Waals surface area contributed by atoms with Crippen LogP contribution in [0, 0.1) is 0 Å². The van der Waals surface area contributed by atoms with Gasteiger partial charge in [0.25, 0.3) is 0 Å². The Morgan fingerprint density at radius 2 is 1.93 bits per heavy atom. The van der Waals surface area contributed by atoms with Crippen LogP contribution in [0.4, 0.5) is 0 Å². The Bertz CT molecular complexity index is 255. The molecule has 0 saturated heterocycles. The van der Waals surface area contributed by atoms with Crippen molar-refractivity contribution in [2.75, 3.05) is 33.1 Å². The van der Waals surface area contributed by atoms with Gasteiger partial charge in [-0.2, -0.15) is 0 Å². The van der Waals surface area contributed by atoms with Crippen LogP contribution in [0.5, 0.6) is 0 Å². The minimum absolute atomic E-state index is 0.0594. The average Bonchev–Trinajstić information content (AvgIpc) is 1.97. The maximum atomic E-state index is 11.5. The van der Waals surface area contributed by atoms with E-state index in [1.165, 1.54) is 14.2 Å². The molecule has 1 N–H and O–H groups in total. The molecule has 6 heteroatoms. The zero-order valence-electron chi connectivity index (χ0n) is 9.15. The maximum Gasteiger partial charge on any atom is 0.216 e. The van der Waals surface area contributed by atoms with Gasteiger partial charge in [0.1, 0.15) is 0 Å². The lowest BCUT2D eigenvalue weighted by molar-refractivity contribution is 0.0638. The summed E-state index contributed by atoms with van der Waals surface area (Å²) < 4.78 is 28.8. The lowest BCUT2D eigenvalue weighted by Crippen LogP contribution is -2.41. The van der Waals surface area contributed by atoms with Gasteiger partial charge in [-0.3, -0.25) is 0 Å². The normalized spacial score (nSPS) is 13.6. The molecule has 0 amide bonds. The molecule has 5 nitrogen and oxygen atoms in total. The number of methoxy groups -OCH3 is 1. The molecule has 0 heterocycles. The third kappa shape index (κ3) is 5.54. The quantitative estimate of drug-likeness (QED) is 0.672. The predicted octanol–water partition coefficient (Wildman–Crippen LogP) is -0.335. The van der Waals surface area contributed by atoms with Crippen LogP contribution in [0.15, 0.2) is 0 Å². The zero-order valence-corrected chi connectivity index (χ0v) is 9.97. The molecular formula is C8H19NO4S. The van der Waals surface area contributed by atoms with Gasteiger partial charge in [-0.25, -0.2) is 12.7 Å². The fourth-order valence-electron chi connectivity index (χ4n) is 0.988.